The van der Waals surface area contributed by atoms with E-state index in [0.717, 1.165) is 17.9 Å². The minimum Gasteiger partial charge on any atom is -0.310 e. The second-order valence-electron chi connectivity index (χ2n) is 3.54. The Morgan fingerprint density at radius 1 is 1.38 bits per heavy atom. The first-order valence-corrected chi connectivity index (χ1v) is 5.09. The SMILES string of the molecule is CNC(Cc1cn(C)nn1)c1ncccn1. The molecule has 2 rings (SSSR count). The molecule has 84 valence electrons. The molecular weight excluding hydrogens is 204 g/mol. The van der Waals surface area contributed by atoms with Gasteiger partial charge in [0.15, 0.2) is 0 Å². The summed E-state index contributed by atoms with van der Waals surface area (Å²) in [5.74, 6) is 0.774. The second kappa shape index (κ2) is 4.80. The Bertz CT molecular complexity index is 438. The fourth-order valence-corrected chi connectivity index (χ4v) is 1.51. The Morgan fingerprint density at radius 3 is 2.69 bits per heavy atom. The molecule has 0 bridgehead atoms. The van der Waals surface area contributed by atoms with Crippen LogP contribution < -0.4 is 5.32 Å². The third-order valence-electron chi connectivity index (χ3n) is 2.31. The molecule has 2 heterocycles. The normalized spacial score (nSPS) is 12.6. The van der Waals surface area contributed by atoms with Crippen LogP contribution in [0.25, 0.3) is 0 Å². The van der Waals surface area contributed by atoms with Crippen LogP contribution in [0.5, 0.6) is 0 Å². The van der Waals surface area contributed by atoms with E-state index in [0.29, 0.717) is 0 Å². The van der Waals surface area contributed by atoms with Crippen LogP contribution in [-0.4, -0.2) is 32.0 Å². The molecule has 0 spiro atoms. The van der Waals surface area contributed by atoms with Gasteiger partial charge in [-0.25, -0.2) is 9.97 Å². The van der Waals surface area contributed by atoms with Crippen molar-refractivity contribution in [3.8, 4) is 0 Å². The summed E-state index contributed by atoms with van der Waals surface area (Å²) >= 11 is 0. The highest BCUT2D eigenvalue weighted by Gasteiger charge is 2.14. The van der Waals surface area contributed by atoms with E-state index in [1.807, 2.05) is 20.3 Å². The molecule has 2 aromatic rings. The van der Waals surface area contributed by atoms with Gasteiger partial charge in [0.2, 0.25) is 0 Å². The number of nitrogens with one attached hydrogen (secondary N) is 1. The molecular formula is C10H14N6. The zero-order valence-electron chi connectivity index (χ0n) is 9.33. The third kappa shape index (κ3) is 2.40. The standard InChI is InChI=1S/C10H14N6/c1-11-9(10-12-4-3-5-13-10)6-8-7-16(2)15-14-8/h3-5,7,9,11H,6H2,1-2H3. The van der Waals surface area contributed by atoms with Gasteiger partial charge in [-0.1, -0.05) is 5.21 Å². The van der Waals surface area contributed by atoms with E-state index in [-0.39, 0.29) is 6.04 Å². The summed E-state index contributed by atoms with van der Waals surface area (Å²) in [6.07, 6.45) is 6.11. The van der Waals surface area contributed by atoms with Gasteiger partial charge in [0.25, 0.3) is 0 Å². The number of nitrogens with zero attached hydrogens (tertiary/aromatic N) is 5. The van der Waals surface area contributed by atoms with Crippen LogP contribution in [0.2, 0.25) is 0 Å². The zero-order valence-corrected chi connectivity index (χ0v) is 9.33. The van der Waals surface area contributed by atoms with E-state index in [4.69, 9.17) is 0 Å². The maximum absolute atomic E-state index is 4.22. The first-order valence-electron chi connectivity index (χ1n) is 5.09. The Balaban J connectivity index is 2.12. The number of aryl methyl sites for hydroxylation is 1. The molecule has 0 aliphatic heterocycles. The van der Waals surface area contributed by atoms with Crippen LogP contribution in [0.1, 0.15) is 17.6 Å². The van der Waals surface area contributed by atoms with E-state index in [1.165, 1.54) is 0 Å². The van der Waals surface area contributed by atoms with Crippen LogP contribution >= 0.6 is 0 Å². The molecule has 1 unspecified atom stereocenters. The van der Waals surface area contributed by atoms with Crippen LogP contribution in [0.4, 0.5) is 0 Å². The number of aromatic nitrogens is 5. The van der Waals surface area contributed by atoms with Crippen molar-refractivity contribution in [2.75, 3.05) is 7.05 Å². The van der Waals surface area contributed by atoms with Gasteiger partial charge in [-0.05, 0) is 13.1 Å². The van der Waals surface area contributed by atoms with Crippen LogP contribution in [0.15, 0.2) is 24.7 Å². The fraction of sp³-hybridized carbons (Fsp3) is 0.400. The summed E-state index contributed by atoms with van der Waals surface area (Å²) in [7, 11) is 3.74. The van der Waals surface area contributed by atoms with Gasteiger partial charge in [0.1, 0.15) is 5.82 Å². The van der Waals surface area contributed by atoms with Gasteiger partial charge < -0.3 is 5.32 Å². The van der Waals surface area contributed by atoms with Crippen molar-refractivity contribution >= 4 is 0 Å². The van der Waals surface area contributed by atoms with Gasteiger partial charge in [-0.3, -0.25) is 4.68 Å². The van der Waals surface area contributed by atoms with Gasteiger partial charge in [0.05, 0.1) is 11.7 Å². The predicted molar refractivity (Wildman–Crippen MR) is 58.5 cm³/mol. The summed E-state index contributed by atoms with van der Waals surface area (Å²) in [6.45, 7) is 0. The quantitative estimate of drug-likeness (QED) is 0.788. The lowest BCUT2D eigenvalue weighted by atomic mass is 10.1. The van der Waals surface area contributed by atoms with E-state index < -0.39 is 0 Å². The highest BCUT2D eigenvalue weighted by atomic mass is 15.4. The van der Waals surface area contributed by atoms with Crippen LogP contribution in [0, 0.1) is 0 Å². The van der Waals surface area contributed by atoms with Gasteiger partial charge in [-0.2, -0.15) is 0 Å². The largest absolute Gasteiger partial charge is 0.310 e. The Morgan fingerprint density at radius 2 is 2.12 bits per heavy atom. The van der Waals surface area contributed by atoms with Gasteiger partial charge >= 0.3 is 0 Å². The van der Waals surface area contributed by atoms with Crippen molar-refractivity contribution < 1.29 is 0 Å². The predicted octanol–water partition coefficient (Wildman–Crippen LogP) is 0.108. The maximum Gasteiger partial charge on any atom is 0.145 e. The lowest BCUT2D eigenvalue weighted by molar-refractivity contribution is 0.550. The van der Waals surface area contributed by atoms with Crippen molar-refractivity contribution in [3.05, 3.63) is 36.2 Å². The van der Waals surface area contributed by atoms with E-state index in [2.05, 4.69) is 25.6 Å². The Hall–Kier alpha value is -1.82. The van der Waals surface area contributed by atoms with E-state index in [1.54, 1.807) is 23.1 Å². The molecule has 1 N–H and O–H groups in total. The van der Waals surface area contributed by atoms with Crippen molar-refractivity contribution in [2.45, 2.75) is 12.5 Å². The highest BCUT2D eigenvalue weighted by Crippen LogP contribution is 2.11. The molecule has 0 aromatic carbocycles. The maximum atomic E-state index is 4.22. The van der Waals surface area contributed by atoms with Gasteiger partial charge in [0, 0.05) is 32.1 Å². The number of likely N-dealkylation sites (N-methyl/N-ethyl adjacent to an activating group) is 1. The first kappa shape index (κ1) is 10.7. The molecule has 1 atom stereocenters. The molecule has 0 amide bonds. The first-order chi connectivity index (χ1) is 7.79. The monoisotopic (exact) mass is 218 g/mol. The Kier molecular flexibility index (Phi) is 3.21. The fourth-order valence-electron chi connectivity index (χ4n) is 1.51. The average molecular weight is 218 g/mol. The van der Waals surface area contributed by atoms with Crippen molar-refractivity contribution in [3.63, 3.8) is 0 Å². The molecule has 16 heavy (non-hydrogen) atoms. The lowest BCUT2D eigenvalue weighted by Crippen LogP contribution is -2.21. The van der Waals surface area contributed by atoms with Crippen molar-refractivity contribution in [1.82, 2.24) is 30.3 Å². The lowest BCUT2D eigenvalue weighted by Gasteiger charge is -2.12. The molecule has 0 saturated carbocycles. The molecule has 0 radical (unpaired) electrons. The van der Waals surface area contributed by atoms with Crippen LogP contribution in [0.3, 0.4) is 0 Å². The second-order valence-corrected chi connectivity index (χ2v) is 3.54. The third-order valence-corrected chi connectivity index (χ3v) is 2.31. The smallest absolute Gasteiger partial charge is 0.145 e. The van der Waals surface area contributed by atoms with Crippen molar-refractivity contribution in [1.29, 1.82) is 0 Å². The summed E-state index contributed by atoms with van der Waals surface area (Å²) in [5, 5.41) is 11.1. The minimum absolute atomic E-state index is 0.0675. The highest BCUT2D eigenvalue weighted by molar-refractivity contribution is 5.03. The number of hydrogen-bond donors (Lipinski definition) is 1. The van der Waals surface area contributed by atoms with E-state index >= 15 is 0 Å². The molecule has 2 aromatic heterocycles. The summed E-state index contributed by atoms with van der Waals surface area (Å²) in [4.78, 5) is 8.45. The van der Waals surface area contributed by atoms with Crippen LogP contribution in [-0.2, 0) is 13.5 Å². The summed E-state index contributed by atoms with van der Waals surface area (Å²) in [5.41, 5.74) is 0.925. The zero-order chi connectivity index (χ0) is 11.4. The molecule has 0 fully saturated rings. The number of hydrogen-bond acceptors (Lipinski definition) is 5. The summed E-state index contributed by atoms with van der Waals surface area (Å²) < 4.78 is 1.69. The number of rotatable bonds is 4. The minimum atomic E-state index is 0.0675. The topological polar surface area (TPSA) is 68.5 Å². The molecule has 6 heteroatoms. The van der Waals surface area contributed by atoms with Gasteiger partial charge in [-0.15, -0.1) is 5.10 Å². The molecule has 0 aliphatic rings. The van der Waals surface area contributed by atoms with E-state index in [9.17, 15) is 0 Å². The average Bonchev–Trinajstić information content (AvgIpc) is 2.73. The molecule has 6 nitrogen and oxygen atoms in total. The molecule has 0 saturated heterocycles. The summed E-state index contributed by atoms with van der Waals surface area (Å²) in [6, 6.07) is 1.87. The Labute approximate surface area is 93.7 Å². The van der Waals surface area contributed by atoms with Crippen molar-refractivity contribution in [2.24, 2.45) is 7.05 Å². The molecule has 0 aliphatic carbocycles.